The molecular formula is C13H15N5O3S. The van der Waals surface area contributed by atoms with Gasteiger partial charge in [-0.2, -0.15) is 0 Å². The van der Waals surface area contributed by atoms with Gasteiger partial charge in [-0.3, -0.25) is 4.57 Å². The Morgan fingerprint density at radius 3 is 2.91 bits per heavy atom. The fourth-order valence-corrected chi connectivity index (χ4v) is 3.67. The first-order chi connectivity index (χ1) is 10.5. The maximum absolute atomic E-state index is 10.3. The van der Waals surface area contributed by atoms with Crippen molar-refractivity contribution >= 4 is 34.4 Å². The van der Waals surface area contributed by atoms with Crippen LogP contribution in [0.2, 0.25) is 0 Å². The van der Waals surface area contributed by atoms with Crippen molar-refractivity contribution in [3.63, 3.8) is 0 Å². The van der Waals surface area contributed by atoms with E-state index in [1.807, 2.05) is 6.26 Å². The number of hydrogen-bond acceptors (Lipinski definition) is 8. The number of imidazole rings is 1. The molecule has 0 bridgehead atoms. The maximum Gasteiger partial charge on any atom is 0.191 e. The van der Waals surface area contributed by atoms with Crippen molar-refractivity contribution in [2.75, 3.05) is 18.6 Å². The average molecular weight is 321 g/mol. The van der Waals surface area contributed by atoms with Crippen LogP contribution in [0.25, 0.3) is 16.9 Å². The number of rotatable bonds is 3. The second-order valence-corrected chi connectivity index (χ2v) is 6.48. The number of aliphatic hydroxyl groups is 3. The fourth-order valence-electron chi connectivity index (χ4n) is 3.30. The van der Waals surface area contributed by atoms with Crippen LogP contribution in [-0.2, 0) is 0 Å². The predicted molar refractivity (Wildman–Crippen MR) is 81.0 cm³/mol. The van der Waals surface area contributed by atoms with E-state index in [4.69, 9.17) is 5.73 Å². The lowest BCUT2D eigenvalue weighted by Crippen LogP contribution is -2.25. The van der Waals surface area contributed by atoms with Crippen LogP contribution in [-0.4, -0.2) is 53.8 Å². The third-order valence-electron chi connectivity index (χ3n) is 4.65. The number of nitrogens with zero attached hydrogens (tertiary/aromatic N) is 4. The van der Waals surface area contributed by atoms with Crippen LogP contribution >= 0.6 is 11.8 Å². The van der Waals surface area contributed by atoms with Crippen molar-refractivity contribution in [3.05, 3.63) is 12.1 Å². The molecule has 2 aromatic rings. The van der Waals surface area contributed by atoms with E-state index in [1.165, 1.54) is 18.1 Å². The molecule has 0 amide bonds. The van der Waals surface area contributed by atoms with Gasteiger partial charge in [-0.25, -0.2) is 15.0 Å². The number of thioether (sulfide) groups is 1. The molecule has 0 spiro atoms. The highest BCUT2D eigenvalue weighted by atomic mass is 32.2. The second-order valence-electron chi connectivity index (χ2n) is 5.70. The van der Waals surface area contributed by atoms with Crippen molar-refractivity contribution in [3.8, 4) is 0 Å². The molecule has 1 unspecified atom stereocenters. The first kappa shape index (κ1) is 13.8. The SMILES string of the molecule is CSc1nc(N)c2ncn(C3=C(O)C(O)[C@]4(CO)C[C@H]34)c2n1. The molecule has 1 fully saturated rings. The maximum atomic E-state index is 10.3. The number of anilines is 1. The fraction of sp³-hybridized carbons (Fsp3) is 0.462. The molecular weight excluding hydrogens is 306 g/mol. The van der Waals surface area contributed by atoms with Crippen LogP contribution in [0.3, 0.4) is 0 Å². The van der Waals surface area contributed by atoms with Crippen molar-refractivity contribution in [2.45, 2.75) is 17.7 Å². The smallest absolute Gasteiger partial charge is 0.191 e. The molecule has 0 aliphatic heterocycles. The Morgan fingerprint density at radius 2 is 2.27 bits per heavy atom. The summed E-state index contributed by atoms with van der Waals surface area (Å²) in [7, 11) is 0. The quantitative estimate of drug-likeness (QED) is 0.467. The molecule has 22 heavy (non-hydrogen) atoms. The normalized spacial score (nSPS) is 30.1. The van der Waals surface area contributed by atoms with Gasteiger partial charge in [-0.05, 0) is 12.7 Å². The Labute approximate surface area is 129 Å². The number of aromatic nitrogens is 4. The summed E-state index contributed by atoms with van der Waals surface area (Å²) in [6.07, 6.45) is 2.92. The van der Waals surface area contributed by atoms with E-state index in [1.54, 1.807) is 4.57 Å². The topological polar surface area (TPSA) is 130 Å². The molecule has 0 saturated heterocycles. The number of fused-ring (bicyclic) bond motifs is 2. The highest BCUT2D eigenvalue weighted by molar-refractivity contribution is 7.98. The first-order valence-corrected chi connectivity index (χ1v) is 8.03. The second kappa shape index (κ2) is 4.34. The van der Waals surface area contributed by atoms with Gasteiger partial charge >= 0.3 is 0 Å². The molecule has 9 heteroatoms. The molecule has 8 nitrogen and oxygen atoms in total. The third-order valence-corrected chi connectivity index (χ3v) is 5.20. The summed E-state index contributed by atoms with van der Waals surface area (Å²) in [4.78, 5) is 12.8. The zero-order valence-corrected chi connectivity index (χ0v) is 12.6. The summed E-state index contributed by atoms with van der Waals surface area (Å²) < 4.78 is 1.64. The molecule has 1 saturated carbocycles. The van der Waals surface area contributed by atoms with Crippen LogP contribution in [0.1, 0.15) is 6.42 Å². The van der Waals surface area contributed by atoms with Crippen molar-refractivity contribution in [2.24, 2.45) is 11.3 Å². The van der Waals surface area contributed by atoms with Crippen molar-refractivity contribution in [1.29, 1.82) is 0 Å². The largest absolute Gasteiger partial charge is 0.508 e. The van der Waals surface area contributed by atoms with Gasteiger partial charge < -0.3 is 21.1 Å². The van der Waals surface area contributed by atoms with Crippen LogP contribution in [0.5, 0.6) is 0 Å². The van der Waals surface area contributed by atoms with E-state index in [9.17, 15) is 15.3 Å². The van der Waals surface area contributed by atoms with Crippen LogP contribution in [0.15, 0.2) is 17.2 Å². The number of aliphatic hydroxyl groups excluding tert-OH is 3. The highest BCUT2D eigenvalue weighted by Crippen LogP contribution is 2.66. The van der Waals surface area contributed by atoms with Crippen LogP contribution in [0, 0.1) is 11.3 Å². The lowest BCUT2D eigenvalue weighted by atomic mass is 10.0. The van der Waals surface area contributed by atoms with Gasteiger partial charge in [0.05, 0.1) is 12.3 Å². The Morgan fingerprint density at radius 1 is 1.50 bits per heavy atom. The van der Waals surface area contributed by atoms with Gasteiger partial charge in [0.1, 0.15) is 18.2 Å². The number of hydrogen-bond donors (Lipinski definition) is 4. The molecule has 2 aliphatic carbocycles. The minimum atomic E-state index is -1.06. The zero-order chi connectivity index (χ0) is 15.6. The Bertz CT molecular complexity index is 819. The Balaban J connectivity index is 1.91. The van der Waals surface area contributed by atoms with Gasteiger partial charge in [0.15, 0.2) is 22.1 Å². The lowest BCUT2D eigenvalue weighted by molar-refractivity contribution is 0.0524. The zero-order valence-electron chi connectivity index (χ0n) is 11.8. The molecule has 2 heterocycles. The monoisotopic (exact) mass is 321 g/mol. The highest BCUT2D eigenvalue weighted by Gasteiger charge is 2.67. The summed E-state index contributed by atoms with van der Waals surface area (Å²) in [6.45, 7) is -0.174. The summed E-state index contributed by atoms with van der Waals surface area (Å²) in [5.74, 6) is 0.0299. The standard InChI is InChI=1S/C13H15N5O3S/c1-22-12-16-10(14)6-11(17-12)18(4-15-6)7-5-2-13(5,3-19)9(21)8(7)20/h4-5,9,19-21H,2-3H2,1H3,(H2,14,16,17)/t5-,9?,13+/m1/s1. The van der Waals surface area contributed by atoms with Gasteiger partial charge in [0, 0.05) is 11.3 Å². The molecule has 116 valence electrons. The van der Waals surface area contributed by atoms with E-state index in [-0.39, 0.29) is 24.1 Å². The van der Waals surface area contributed by atoms with Gasteiger partial charge in [-0.1, -0.05) is 11.8 Å². The summed E-state index contributed by atoms with van der Waals surface area (Å²) >= 11 is 1.36. The summed E-state index contributed by atoms with van der Waals surface area (Å²) in [6, 6.07) is 0. The van der Waals surface area contributed by atoms with Gasteiger partial charge in [0.25, 0.3) is 0 Å². The Hall–Kier alpha value is -1.84. The molecule has 2 aliphatic rings. The van der Waals surface area contributed by atoms with E-state index < -0.39 is 11.5 Å². The molecule has 0 aromatic carbocycles. The van der Waals surface area contributed by atoms with E-state index in [0.717, 1.165) is 0 Å². The van der Waals surface area contributed by atoms with E-state index in [2.05, 4.69) is 15.0 Å². The number of nitrogens with two attached hydrogens (primary N) is 1. The number of allylic oxidation sites excluding steroid dienone is 1. The first-order valence-electron chi connectivity index (χ1n) is 6.80. The Kier molecular flexibility index (Phi) is 2.72. The molecule has 5 N–H and O–H groups in total. The minimum Gasteiger partial charge on any atom is -0.508 e. The average Bonchev–Trinajstić information content (AvgIpc) is 3.03. The van der Waals surface area contributed by atoms with E-state index in [0.29, 0.717) is 28.4 Å². The predicted octanol–water partition coefficient (Wildman–Crippen LogP) is 0.230. The lowest BCUT2D eigenvalue weighted by Gasteiger charge is -2.14. The molecule has 3 atom stereocenters. The van der Waals surface area contributed by atoms with Crippen molar-refractivity contribution < 1.29 is 15.3 Å². The van der Waals surface area contributed by atoms with Crippen LogP contribution in [0.4, 0.5) is 5.82 Å². The van der Waals surface area contributed by atoms with Gasteiger partial charge in [-0.15, -0.1) is 0 Å². The van der Waals surface area contributed by atoms with E-state index >= 15 is 0 Å². The summed E-state index contributed by atoms with van der Waals surface area (Å²) in [5, 5.41) is 30.5. The van der Waals surface area contributed by atoms with Crippen LogP contribution < -0.4 is 5.73 Å². The molecule has 2 aromatic heterocycles. The van der Waals surface area contributed by atoms with Crippen molar-refractivity contribution in [1.82, 2.24) is 19.5 Å². The minimum absolute atomic E-state index is 0.112. The number of nitrogen functional groups attached to an aromatic ring is 1. The molecule has 4 rings (SSSR count). The third kappa shape index (κ3) is 1.53. The molecule has 0 radical (unpaired) electrons. The summed E-state index contributed by atoms with van der Waals surface area (Å²) in [5.41, 5.74) is 6.71. The van der Waals surface area contributed by atoms with Gasteiger partial charge in [0.2, 0.25) is 0 Å².